The summed E-state index contributed by atoms with van der Waals surface area (Å²) >= 11 is 1.27. The zero-order chi connectivity index (χ0) is 16.9. The predicted octanol–water partition coefficient (Wildman–Crippen LogP) is 4.21. The molecule has 6 heteroatoms. The van der Waals surface area contributed by atoms with Gasteiger partial charge in [0.1, 0.15) is 0 Å². The first-order valence-corrected chi connectivity index (χ1v) is 7.80. The van der Waals surface area contributed by atoms with Crippen LogP contribution in [0.4, 0.5) is 8.78 Å². The van der Waals surface area contributed by atoms with Crippen molar-refractivity contribution >= 4 is 28.7 Å². The third-order valence-corrected chi connectivity index (χ3v) is 3.67. The second kappa shape index (κ2) is 7.28. The highest BCUT2D eigenvalue weighted by molar-refractivity contribution is 7.08. The summed E-state index contributed by atoms with van der Waals surface area (Å²) in [6.07, 6.45) is 0.377. The molecule has 2 rings (SSSR count). The largest absolute Gasteiger partial charge is 0.461 e. The molecule has 120 valence electrons. The van der Waals surface area contributed by atoms with Crippen molar-refractivity contribution < 1.29 is 23.1 Å². The molecule has 0 N–H and O–H groups in total. The minimum Gasteiger partial charge on any atom is -0.461 e. The molecule has 0 bridgehead atoms. The minimum absolute atomic E-state index is 0.164. The van der Waals surface area contributed by atoms with Gasteiger partial charge in [0.05, 0.1) is 6.61 Å². The highest BCUT2D eigenvalue weighted by atomic mass is 32.1. The van der Waals surface area contributed by atoms with Gasteiger partial charge in [0.2, 0.25) is 0 Å². The molecule has 0 aliphatic rings. The van der Waals surface area contributed by atoms with Crippen LogP contribution in [0.3, 0.4) is 0 Å². The number of esters is 1. The smallest absolute Gasteiger partial charge is 0.381 e. The van der Waals surface area contributed by atoms with Gasteiger partial charge in [0, 0.05) is 17.2 Å². The number of alkyl halides is 2. The van der Waals surface area contributed by atoms with Gasteiger partial charge in [0.15, 0.2) is 5.78 Å². The Balaban J connectivity index is 2.45. The molecule has 0 radical (unpaired) electrons. The molecule has 23 heavy (non-hydrogen) atoms. The molecule has 0 aliphatic carbocycles. The van der Waals surface area contributed by atoms with E-state index in [0.29, 0.717) is 11.6 Å². The molecule has 2 aromatic rings. The topological polar surface area (TPSA) is 43.4 Å². The fourth-order valence-corrected chi connectivity index (χ4v) is 2.57. The number of benzene rings is 1. The van der Waals surface area contributed by atoms with E-state index in [0.717, 1.165) is 0 Å². The molecule has 0 amide bonds. The predicted molar refractivity (Wildman–Crippen MR) is 84.6 cm³/mol. The van der Waals surface area contributed by atoms with Crippen molar-refractivity contribution in [2.75, 3.05) is 6.61 Å². The first kappa shape index (κ1) is 17.0. The maximum Gasteiger partial charge on any atom is 0.381 e. The molecule has 0 saturated carbocycles. The van der Waals surface area contributed by atoms with E-state index < -0.39 is 17.7 Å². The minimum atomic E-state index is -3.88. The zero-order valence-electron chi connectivity index (χ0n) is 12.3. The molecule has 0 atom stereocenters. The van der Waals surface area contributed by atoms with E-state index in [1.165, 1.54) is 30.4 Å². The van der Waals surface area contributed by atoms with E-state index in [2.05, 4.69) is 4.74 Å². The van der Waals surface area contributed by atoms with Crippen molar-refractivity contribution in [1.82, 2.24) is 0 Å². The number of allylic oxidation sites excluding steroid dienone is 1. The van der Waals surface area contributed by atoms with Crippen molar-refractivity contribution in [2.24, 2.45) is 0 Å². The summed E-state index contributed by atoms with van der Waals surface area (Å²) in [6.45, 7) is 1.27. The van der Waals surface area contributed by atoms with Crippen LogP contribution in [0.2, 0.25) is 0 Å². The first-order valence-electron chi connectivity index (χ1n) is 6.86. The molecule has 1 aromatic carbocycles. The molecule has 0 unspecified atom stereocenters. The molecule has 1 aromatic heterocycles. The molecule has 0 spiro atoms. The Bertz CT molecular complexity index is 707. The van der Waals surface area contributed by atoms with Crippen LogP contribution in [0.5, 0.6) is 0 Å². The summed E-state index contributed by atoms with van der Waals surface area (Å²) in [5.41, 5.74) is 0.382. The fraction of sp³-hybridized carbons (Fsp3) is 0.176. The monoisotopic (exact) mass is 336 g/mol. The van der Waals surface area contributed by atoms with Gasteiger partial charge in [-0.05, 0) is 29.3 Å². The van der Waals surface area contributed by atoms with E-state index in [-0.39, 0.29) is 17.7 Å². The number of Topliss-reactive ketones (excluding diaryl/α,β-unsaturated/α-hetero) is 1. The van der Waals surface area contributed by atoms with Gasteiger partial charge in [-0.15, -0.1) is 0 Å². The third-order valence-electron chi connectivity index (χ3n) is 2.99. The van der Waals surface area contributed by atoms with Crippen LogP contribution in [0.1, 0.15) is 22.8 Å². The Kier molecular flexibility index (Phi) is 5.39. The summed E-state index contributed by atoms with van der Waals surface area (Å²) in [5, 5.41) is 3.25. The lowest BCUT2D eigenvalue weighted by Crippen LogP contribution is -2.29. The first-order chi connectivity index (χ1) is 11.0. The molecular formula is C17H14F2O3S. The Morgan fingerprint density at radius 3 is 2.43 bits per heavy atom. The third kappa shape index (κ3) is 4.10. The van der Waals surface area contributed by atoms with E-state index in [9.17, 15) is 18.4 Å². The number of halogens is 2. The Morgan fingerprint density at radius 1 is 1.17 bits per heavy atom. The number of hydrogen-bond acceptors (Lipinski definition) is 4. The summed E-state index contributed by atoms with van der Waals surface area (Å²) in [5.74, 6) is -6.13. The van der Waals surface area contributed by atoms with Crippen molar-refractivity contribution in [1.29, 1.82) is 0 Å². The lowest BCUT2D eigenvalue weighted by molar-refractivity contribution is -0.164. The SMILES string of the molecule is CCOC(=O)C(F)(F)/C=C(/C(=O)c1ccccc1)c1ccsc1. The van der Waals surface area contributed by atoms with Crippen LogP contribution >= 0.6 is 11.3 Å². The van der Waals surface area contributed by atoms with Crippen LogP contribution < -0.4 is 0 Å². The molecule has 0 saturated heterocycles. The van der Waals surface area contributed by atoms with E-state index in [4.69, 9.17) is 0 Å². The number of hydrogen-bond donors (Lipinski definition) is 0. The Hall–Kier alpha value is -2.34. The van der Waals surface area contributed by atoms with Gasteiger partial charge in [-0.3, -0.25) is 4.79 Å². The van der Waals surface area contributed by atoms with Crippen LogP contribution in [-0.2, 0) is 9.53 Å². The van der Waals surface area contributed by atoms with Crippen molar-refractivity contribution in [3.8, 4) is 0 Å². The highest BCUT2D eigenvalue weighted by Gasteiger charge is 2.39. The van der Waals surface area contributed by atoms with Crippen molar-refractivity contribution in [2.45, 2.75) is 12.8 Å². The number of carbonyl (C=O) groups is 2. The van der Waals surface area contributed by atoms with Crippen molar-refractivity contribution in [3.05, 3.63) is 64.4 Å². The van der Waals surface area contributed by atoms with Crippen LogP contribution in [0.15, 0.2) is 53.2 Å². The normalized spacial score (nSPS) is 12.0. The Morgan fingerprint density at radius 2 is 1.87 bits per heavy atom. The van der Waals surface area contributed by atoms with Gasteiger partial charge in [-0.25, -0.2) is 4.79 Å². The average molecular weight is 336 g/mol. The lowest BCUT2D eigenvalue weighted by Gasteiger charge is -2.13. The van der Waals surface area contributed by atoms with E-state index in [1.54, 1.807) is 35.0 Å². The van der Waals surface area contributed by atoms with Crippen molar-refractivity contribution in [3.63, 3.8) is 0 Å². The zero-order valence-corrected chi connectivity index (χ0v) is 13.1. The van der Waals surface area contributed by atoms with Gasteiger partial charge >= 0.3 is 11.9 Å². The van der Waals surface area contributed by atoms with Gasteiger partial charge in [-0.1, -0.05) is 30.3 Å². The van der Waals surface area contributed by atoms with Gasteiger partial charge in [0.25, 0.3) is 0 Å². The molecule has 3 nitrogen and oxygen atoms in total. The summed E-state index contributed by atoms with van der Waals surface area (Å²) in [6, 6.07) is 9.62. The van der Waals surface area contributed by atoms with Crippen LogP contribution in [-0.4, -0.2) is 24.3 Å². The summed E-state index contributed by atoms with van der Waals surface area (Å²) in [7, 11) is 0. The second-order valence-electron chi connectivity index (χ2n) is 4.61. The number of ether oxygens (including phenoxy) is 1. The highest BCUT2D eigenvalue weighted by Crippen LogP contribution is 2.28. The fourth-order valence-electron chi connectivity index (χ4n) is 1.91. The summed E-state index contributed by atoms with van der Waals surface area (Å²) in [4.78, 5) is 24.0. The van der Waals surface area contributed by atoms with Crippen LogP contribution in [0, 0.1) is 0 Å². The van der Waals surface area contributed by atoms with E-state index >= 15 is 0 Å². The number of thiophene rings is 1. The maximum atomic E-state index is 14.0. The standard InChI is InChI=1S/C17H14F2O3S/c1-2-22-16(21)17(18,19)10-14(13-8-9-23-11-13)15(20)12-6-4-3-5-7-12/h3-11H,2H2,1H3/b14-10+. The van der Waals surface area contributed by atoms with Gasteiger partial charge in [-0.2, -0.15) is 20.1 Å². The van der Waals surface area contributed by atoms with Gasteiger partial charge < -0.3 is 4.74 Å². The molecule has 0 fully saturated rings. The molecule has 0 aliphatic heterocycles. The number of carbonyl (C=O) groups excluding carboxylic acids is 2. The average Bonchev–Trinajstić information content (AvgIpc) is 3.07. The summed E-state index contributed by atoms with van der Waals surface area (Å²) < 4.78 is 32.4. The number of rotatable bonds is 6. The molecule has 1 heterocycles. The second-order valence-corrected chi connectivity index (χ2v) is 5.39. The Labute approximate surface area is 136 Å². The maximum absolute atomic E-state index is 14.0. The lowest BCUT2D eigenvalue weighted by atomic mass is 9.97. The number of ketones is 1. The van der Waals surface area contributed by atoms with Crippen LogP contribution in [0.25, 0.3) is 5.57 Å². The molecular weight excluding hydrogens is 322 g/mol. The quantitative estimate of drug-likeness (QED) is 0.451. The van der Waals surface area contributed by atoms with E-state index in [1.807, 2.05) is 0 Å².